The number of amides is 1. The zero-order valence-electron chi connectivity index (χ0n) is 10.8. The second-order valence-electron chi connectivity index (χ2n) is 4.33. The van der Waals surface area contributed by atoms with Gasteiger partial charge in [0, 0.05) is 5.56 Å². The summed E-state index contributed by atoms with van der Waals surface area (Å²) in [4.78, 5) is 22.1. The second-order valence-corrected chi connectivity index (χ2v) is 4.33. The molecule has 2 N–H and O–H groups in total. The molecule has 1 aromatic rings. The van der Waals surface area contributed by atoms with Gasteiger partial charge in [0.1, 0.15) is 6.54 Å². The van der Waals surface area contributed by atoms with Crippen LogP contribution < -0.4 is 5.32 Å². The van der Waals surface area contributed by atoms with Crippen molar-refractivity contribution in [2.45, 2.75) is 33.1 Å². The summed E-state index contributed by atoms with van der Waals surface area (Å²) in [5, 5.41) is 10.9. The summed E-state index contributed by atoms with van der Waals surface area (Å²) in [6.07, 6.45) is 3.28. The van der Waals surface area contributed by atoms with E-state index in [9.17, 15) is 9.59 Å². The molecule has 0 aromatic heterocycles. The number of carboxylic acids is 1. The minimum Gasteiger partial charge on any atom is -0.480 e. The zero-order chi connectivity index (χ0) is 13.5. The Morgan fingerprint density at radius 2 is 2.06 bits per heavy atom. The van der Waals surface area contributed by atoms with Gasteiger partial charge < -0.3 is 10.4 Å². The van der Waals surface area contributed by atoms with Gasteiger partial charge in [-0.25, -0.2) is 0 Å². The fraction of sp³-hybridized carbons (Fsp3) is 0.429. The first-order chi connectivity index (χ1) is 8.54. The highest BCUT2D eigenvalue weighted by Crippen LogP contribution is 2.13. The average molecular weight is 249 g/mol. The fourth-order valence-electron chi connectivity index (χ4n) is 1.77. The van der Waals surface area contributed by atoms with E-state index in [-0.39, 0.29) is 12.5 Å². The van der Waals surface area contributed by atoms with Crippen LogP contribution in [0, 0.1) is 6.92 Å². The molecule has 1 amide bonds. The van der Waals surface area contributed by atoms with Gasteiger partial charge in [0.2, 0.25) is 0 Å². The van der Waals surface area contributed by atoms with Gasteiger partial charge in [0.05, 0.1) is 0 Å². The summed E-state index contributed by atoms with van der Waals surface area (Å²) in [6, 6.07) is 5.68. The highest BCUT2D eigenvalue weighted by molar-refractivity contribution is 5.97. The molecular formula is C14H19NO3. The summed E-state index contributed by atoms with van der Waals surface area (Å²) in [5.74, 6) is -1.38. The molecule has 0 aliphatic heterocycles. The van der Waals surface area contributed by atoms with E-state index in [0.29, 0.717) is 5.56 Å². The lowest BCUT2D eigenvalue weighted by molar-refractivity contribution is -0.135. The van der Waals surface area contributed by atoms with Crippen LogP contribution >= 0.6 is 0 Å². The summed E-state index contributed by atoms with van der Waals surface area (Å²) in [5.41, 5.74) is 2.63. The summed E-state index contributed by atoms with van der Waals surface area (Å²) < 4.78 is 0. The Morgan fingerprint density at radius 3 is 2.61 bits per heavy atom. The quantitative estimate of drug-likeness (QED) is 0.811. The highest BCUT2D eigenvalue weighted by atomic mass is 16.4. The van der Waals surface area contributed by atoms with Crippen molar-refractivity contribution in [2.75, 3.05) is 6.54 Å². The van der Waals surface area contributed by atoms with Crippen molar-refractivity contribution in [3.8, 4) is 0 Å². The Labute approximate surface area is 107 Å². The van der Waals surface area contributed by atoms with Crippen molar-refractivity contribution >= 4 is 11.9 Å². The van der Waals surface area contributed by atoms with Crippen LogP contribution in [-0.4, -0.2) is 23.5 Å². The van der Waals surface area contributed by atoms with Crippen molar-refractivity contribution in [1.29, 1.82) is 0 Å². The summed E-state index contributed by atoms with van der Waals surface area (Å²) in [6.45, 7) is 3.65. The van der Waals surface area contributed by atoms with E-state index in [0.717, 1.165) is 24.8 Å². The van der Waals surface area contributed by atoms with Gasteiger partial charge in [-0.1, -0.05) is 25.5 Å². The molecule has 0 spiro atoms. The number of hydrogen-bond acceptors (Lipinski definition) is 2. The molecule has 0 radical (unpaired) electrons. The SMILES string of the molecule is CCCCc1ccc(C(=O)NCC(=O)O)c(C)c1. The lowest BCUT2D eigenvalue weighted by atomic mass is 10.0. The van der Waals surface area contributed by atoms with Crippen LogP contribution in [0.25, 0.3) is 0 Å². The molecule has 0 atom stereocenters. The molecule has 4 heteroatoms. The van der Waals surface area contributed by atoms with Crippen LogP contribution in [0.3, 0.4) is 0 Å². The fourth-order valence-corrected chi connectivity index (χ4v) is 1.77. The number of benzene rings is 1. The van der Waals surface area contributed by atoms with E-state index in [4.69, 9.17) is 5.11 Å². The van der Waals surface area contributed by atoms with Gasteiger partial charge in [-0.15, -0.1) is 0 Å². The van der Waals surface area contributed by atoms with E-state index in [1.54, 1.807) is 6.07 Å². The van der Waals surface area contributed by atoms with E-state index >= 15 is 0 Å². The molecule has 98 valence electrons. The van der Waals surface area contributed by atoms with Crippen molar-refractivity contribution < 1.29 is 14.7 Å². The van der Waals surface area contributed by atoms with Crippen LogP contribution in [0.15, 0.2) is 18.2 Å². The van der Waals surface area contributed by atoms with E-state index in [1.165, 1.54) is 5.56 Å². The normalized spacial score (nSPS) is 10.1. The lowest BCUT2D eigenvalue weighted by Crippen LogP contribution is -2.29. The number of rotatable bonds is 6. The van der Waals surface area contributed by atoms with Crippen LogP contribution in [0.4, 0.5) is 0 Å². The third-order valence-electron chi connectivity index (χ3n) is 2.75. The van der Waals surface area contributed by atoms with Gasteiger partial charge >= 0.3 is 5.97 Å². The molecule has 0 bridgehead atoms. The molecule has 0 unspecified atom stereocenters. The Bertz CT molecular complexity index is 441. The van der Waals surface area contributed by atoms with Gasteiger partial charge in [-0.05, 0) is 37.0 Å². The van der Waals surface area contributed by atoms with Crippen LogP contribution in [0.1, 0.15) is 41.3 Å². The number of carboxylic acid groups (broad SMARTS) is 1. The van der Waals surface area contributed by atoms with Crippen LogP contribution in [-0.2, 0) is 11.2 Å². The smallest absolute Gasteiger partial charge is 0.322 e. The molecule has 4 nitrogen and oxygen atoms in total. The van der Waals surface area contributed by atoms with E-state index in [1.807, 2.05) is 19.1 Å². The minimum atomic E-state index is -1.04. The monoisotopic (exact) mass is 249 g/mol. The first-order valence-corrected chi connectivity index (χ1v) is 6.14. The minimum absolute atomic E-state index is 0.336. The molecule has 0 aliphatic rings. The molecule has 1 aromatic carbocycles. The Hall–Kier alpha value is -1.84. The summed E-state index contributed by atoms with van der Waals surface area (Å²) in [7, 11) is 0. The molecule has 0 aliphatic carbocycles. The number of aliphatic carboxylic acids is 1. The van der Waals surface area contributed by atoms with Gasteiger partial charge in [-0.3, -0.25) is 9.59 Å². The van der Waals surface area contributed by atoms with Crippen molar-refractivity contribution in [2.24, 2.45) is 0 Å². The Balaban J connectivity index is 2.72. The topological polar surface area (TPSA) is 66.4 Å². The van der Waals surface area contributed by atoms with Crippen molar-refractivity contribution in [3.63, 3.8) is 0 Å². The third-order valence-corrected chi connectivity index (χ3v) is 2.75. The van der Waals surface area contributed by atoms with Gasteiger partial charge in [-0.2, -0.15) is 0 Å². The number of hydrogen-bond donors (Lipinski definition) is 2. The van der Waals surface area contributed by atoms with Crippen LogP contribution in [0.2, 0.25) is 0 Å². The molecule has 0 fully saturated rings. The average Bonchev–Trinajstić information content (AvgIpc) is 2.33. The largest absolute Gasteiger partial charge is 0.480 e. The number of carbonyl (C=O) groups excluding carboxylic acids is 1. The number of nitrogens with one attached hydrogen (secondary N) is 1. The number of aryl methyl sites for hydroxylation is 2. The standard InChI is InChI=1S/C14H19NO3/c1-3-4-5-11-6-7-12(10(2)8-11)14(18)15-9-13(16)17/h6-8H,3-5,9H2,1-2H3,(H,15,18)(H,16,17). The molecule has 18 heavy (non-hydrogen) atoms. The lowest BCUT2D eigenvalue weighted by Gasteiger charge is -2.08. The number of carbonyl (C=O) groups is 2. The van der Waals surface area contributed by atoms with E-state index < -0.39 is 5.97 Å². The Kier molecular flexibility index (Phi) is 5.36. The number of unbranched alkanes of at least 4 members (excludes halogenated alkanes) is 1. The maximum atomic E-state index is 11.7. The second kappa shape index (κ2) is 6.79. The Morgan fingerprint density at radius 1 is 1.33 bits per heavy atom. The highest BCUT2D eigenvalue weighted by Gasteiger charge is 2.10. The molecule has 0 heterocycles. The van der Waals surface area contributed by atoms with Crippen molar-refractivity contribution in [1.82, 2.24) is 5.32 Å². The maximum absolute atomic E-state index is 11.7. The molecular weight excluding hydrogens is 230 g/mol. The van der Waals surface area contributed by atoms with Crippen molar-refractivity contribution in [3.05, 3.63) is 34.9 Å². The maximum Gasteiger partial charge on any atom is 0.322 e. The zero-order valence-corrected chi connectivity index (χ0v) is 10.8. The first kappa shape index (κ1) is 14.2. The van der Waals surface area contributed by atoms with Gasteiger partial charge in [0.25, 0.3) is 5.91 Å². The van der Waals surface area contributed by atoms with E-state index in [2.05, 4.69) is 12.2 Å². The predicted molar refractivity (Wildman–Crippen MR) is 69.8 cm³/mol. The molecule has 0 saturated heterocycles. The predicted octanol–water partition coefficient (Wildman–Crippen LogP) is 2.15. The molecule has 0 saturated carbocycles. The van der Waals surface area contributed by atoms with Crippen LogP contribution in [0.5, 0.6) is 0 Å². The molecule has 1 rings (SSSR count). The first-order valence-electron chi connectivity index (χ1n) is 6.14. The van der Waals surface area contributed by atoms with Gasteiger partial charge in [0.15, 0.2) is 0 Å². The third kappa shape index (κ3) is 4.20. The summed E-state index contributed by atoms with van der Waals surface area (Å²) >= 11 is 0.